The van der Waals surface area contributed by atoms with E-state index in [0.717, 1.165) is 0 Å². The molecular formula is C11H19N3O6S. The number of carbonyl (C=O) groups excluding carboxylic acids is 2. The highest BCUT2D eigenvalue weighted by Crippen LogP contribution is 2.00. The monoisotopic (exact) mass is 321 g/mol. The van der Waals surface area contributed by atoms with E-state index in [1.165, 1.54) is 11.8 Å². The fourth-order valence-electron chi connectivity index (χ4n) is 1.31. The summed E-state index contributed by atoms with van der Waals surface area (Å²) in [7, 11) is 0. The van der Waals surface area contributed by atoms with Crippen LogP contribution >= 0.6 is 11.8 Å². The maximum atomic E-state index is 11.7. The van der Waals surface area contributed by atoms with E-state index in [1.807, 2.05) is 0 Å². The summed E-state index contributed by atoms with van der Waals surface area (Å²) in [5.41, 5.74) is 5.27. The SMILES string of the molecule is CSC[C@H](NC(=O)CC[C@@H](N)C(=O)O)C(=O)NCC(=O)O. The van der Waals surface area contributed by atoms with Crippen molar-refractivity contribution in [3.05, 3.63) is 0 Å². The number of carbonyl (C=O) groups is 4. The van der Waals surface area contributed by atoms with E-state index in [2.05, 4.69) is 10.6 Å². The molecule has 0 radical (unpaired) electrons. The zero-order valence-electron chi connectivity index (χ0n) is 11.5. The van der Waals surface area contributed by atoms with Gasteiger partial charge in [-0.2, -0.15) is 11.8 Å². The smallest absolute Gasteiger partial charge is 0.322 e. The van der Waals surface area contributed by atoms with Gasteiger partial charge in [-0.15, -0.1) is 0 Å². The molecule has 0 spiro atoms. The standard InChI is InChI=1S/C11H19N3O6S/c1-21-5-7(10(18)13-4-9(16)17)14-8(15)3-2-6(12)11(19)20/h6-7H,2-5,12H2,1H3,(H,13,18)(H,14,15)(H,16,17)(H,19,20)/t6-,7+/m1/s1. The Bertz CT molecular complexity index is 403. The van der Waals surface area contributed by atoms with Gasteiger partial charge in [0, 0.05) is 12.2 Å². The summed E-state index contributed by atoms with van der Waals surface area (Å²) in [6, 6.07) is -2.02. The Kier molecular flexibility index (Phi) is 9.13. The third-order valence-corrected chi connectivity index (χ3v) is 3.07. The van der Waals surface area contributed by atoms with E-state index in [0.29, 0.717) is 0 Å². The van der Waals surface area contributed by atoms with E-state index >= 15 is 0 Å². The number of rotatable bonds is 10. The molecule has 0 aromatic heterocycles. The summed E-state index contributed by atoms with van der Waals surface area (Å²) in [6.45, 7) is -0.538. The second-order valence-electron chi connectivity index (χ2n) is 4.17. The minimum Gasteiger partial charge on any atom is -0.480 e. The van der Waals surface area contributed by atoms with Crippen molar-refractivity contribution in [3.63, 3.8) is 0 Å². The van der Waals surface area contributed by atoms with Gasteiger partial charge in [0.15, 0.2) is 0 Å². The highest BCUT2D eigenvalue weighted by atomic mass is 32.2. The minimum atomic E-state index is -1.21. The predicted octanol–water partition coefficient (Wildman–Crippen LogP) is -1.77. The van der Waals surface area contributed by atoms with Gasteiger partial charge < -0.3 is 26.6 Å². The summed E-state index contributed by atoms with van der Waals surface area (Å²) < 4.78 is 0. The van der Waals surface area contributed by atoms with Crippen molar-refractivity contribution in [2.24, 2.45) is 5.73 Å². The molecule has 10 heteroatoms. The van der Waals surface area contributed by atoms with Crippen LogP contribution in [0.3, 0.4) is 0 Å². The van der Waals surface area contributed by atoms with Crippen LogP contribution in [0.2, 0.25) is 0 Å². The Balaban J connectivity index is 4.35. The molecule has 0 aromatic carbocycles. The molecule has 0 heterocycles. The van der Waals surface area contributed by atoms with Gasteiger partial charge >= 0.3 is 11.9 Å². The lowest BCUT2D eigenvalue weighted by Crippen LogP contribution is -2.49. The van der Waals surface area contributed by atoms with Crippen LogP contribution in [-0.4, -0.2) is 64.6 Å². The van der Waals surface area contributed by atoms with Gasteiger partial charge in [-0.05, 0) is 12.7 Å². The summed E-state index contributed by atoms with van der Waals surface area (Å²) in [5.74, 6) is -3.26. The first-order chi connectivity index (χ1) is 9.77. The fraction of sp³-hybridized carbons (Fsp3) is 0.636. The van der Waals surface area contributed by atoms with E-state index < -0.39 is 42.4 Å². The molecule has 0 aliphatic rings. The van der Waals surface area contributed by atoms with E-state index in [1.54, 1.807) is 6.26 Å². The molecule has 0 bridgehead atoms. The minimum absolute atomic E-state index is 0.0517. The third kappa shape index (κ3) is 8.87. The number of hydrogen-bond acceptors (Lipinski definition) is 6. The van der Waals surface area contributed by atoms with Crippen LogP contribution in [0, 0.1) is 0 Å². The lowest BCUT2D eigenvalue weighted by Gasteiger charge is -2.17. The topological polar surface area (TPSA) is 159 Å². The van der Waals surface area contributed by atoms with Crippen LogP contribution in [0.5, 0.6) is 0 Å². The number of thioether (sulfide) groups is 1. The predicted molar refractivity (Wildman–Crippen MR) is 75.8 cm³/mol. The molecule has 6 N–H and O–H groups in total. The van der Waals surface area contributed by atoms with Crippen molar-refractivity contribution in [1.29, 1.82) is 0 Å². The molecule has 9 nitrogen and oxygen atoms in total. The molecule has 0 saturated heterocycles. The van der Waals surface area contributed by atoms with Gasteiger partial charge in [0.05, 0.1) is 0 Å². The van der Waals surface area contributed by atoms with Crippen LogP contribution < -0.4 is 16.4 Å². The Morgan fingerprint density at radius 3 is 2.33 bits per heavy atom. The summed E-state index contributed by atoms with van der Waals surface area (Å²) in [5, 5.41) is 21.7. The molecule has 0 saturated carbocycles. The third-order valence-electron chi connectivity index (χ3n) is 2.40. The lowest BCUT2D eigenvalue weighted by molar-refractivity contribution is -0.139. The quantitative estimate of drug-likeness (QED) is 0.316. The Morgan fingerprint density at radius 2 is 1.86 bits per heavy atom. The van der Waals surface area contributed by atoms with Crippen LogP contribution in [-0.2, 0) is 19.2 Å². The van der Waals surface area contributed by atoms with Crippen LogP contribution in [0.25, 0.3) is 0 Å². The Hall–Kier alpha value is -1.81. The molecule has 2 atom stereocenters. The Labute approximate surface area is 125 Å². The number of nitrogens with one attached hydrogen (secondary N) is 2. The van der Waals surface area contributed by atoms with Crippen molar-refractivity contribution < 1.29 is 29.4 Å². The second kappa shape index (κ2) is 10.00. The van der Waals surface area contributed by atoms with E-state index in [4.69, 9.17) is 15.9 Å². The van der Waals surface area contributed by atoms with Gasteiger partial charge in [0.25, 0.3) is 0 Å². The normalized spacial score (nSPS) is 13.0. The number of carboxylic acid groups (broad SMARTS) is 2. The summed E-state index contributed by atoms with van der Waals surface area (Å²) in [4.78, 5) is 44.2. The van der Waals surface area contributed by atoms with Crippen LogP contribution in [0.4, 0.5) is 0 Å². The molecule has 0 aliphatic carbocycles. The molecule has 0 unspecified atom stereocenters. The largest absolute Gasteiger partial charge is 0.480 e. The number of amides is 2. The highest BCUT2D eigenvalue weighted by Gasteiger charge is 2.21. The van der Waals surface area contributed by atoms with Gasteiger partial charge in [-0.3, -0.25) is 19.2 Å². The fourth-order valence-corrected chi connectivity index (χ4v) is 1.88. The molecule has 2 amide bonds. The van der Waals surface area contributed by atoms with Crippen molar-refractivity contribution in [2.75, 3.05) is 18.6 Å². The average molecular weight is 321 g/mol. The van der Waals surface area contributed by atoms with Gasteiger partial charge in [-0.25, -0.2) is 0 Å². The van der Waals surface area contributed by atoms with Crippen LogP contribution in [0.1, 0.15) is 12.8 Å². The summed E-state index contributed by atoms with van der Waals surface area (Å²) >= 11 is 1.30. The molecule has 0 aliphatic heterocycles. The van der Waals surface area contributed by atoms with Crippen molar-refractivity contribution in [2.45, 2.75) is 24.9 Å². The van der Waals surface area contributed by atoms with E-state index in [9.17, 15) is 19.2 Å². The molecular weight excluding hydrogens is 302 g/mol. The zero-order valence-corrected chi connectivity index (χ0v) is 12.3. The van der Waals surface area contributed by atoms with Crippen molar-refractivity contribution in [1.82, 2.24) is 10.6 Å². The maximum Gasteiger partial charge on any atom is 0.322 e. The van der Waals surface area contributed by atoms with Gasteiger partial charge in [-0.1, -0.05) is 0 Å². The van der Waals surface area contributed by atoms with Crippen LogP contribution in [0.15, 0.2) is 0 Å². The molecule has 120 valence electrons. The van der Waals surface area contributed by atoms with Crippen molar-refractivity contribution >= 4 is 35.5 Å². The zero-order chi connectivity index (χ0) is 16.4. The highest BCUT2D eigenvalue weighted by molar-refractivity contribution is 7.98. The van der Waals surface area contributed by atoms with E-state index in [-0.39, 0.29) is 18.6 Å². The first-order valence-electron chi connectivity index (χ1n) is 6.04. The first kappa shape index (κ1) is 19.2. The maximum absolute atomic E-state index is 11.7. The second-order valence-corrected chi connectivity index (χ2v) is 5.08. The van der Waals surface area contributed by atoms with Gasteiger partial charge in [0.2, 0.25) is 11.8 Å². The number of aliphatic carboxylic acids is 2. The van der Waals surface area contributed by atoms with Crippen molar-refractivity contribution in [3.8, 4) is 0 Å². The Morgan fingerprint density at radius 1 is 1.24 bits per heavy atom. The lowest BCUT2D eigenvalue weighted by atomic mass is 10.1. The molecule has 0 fully saturated rings. The number of nitrogens with two attached hydrogens (primary N) is 1. The van der Waals surface area contributed by atoms with Gasteiger partial charge in [0.1, 0.15) is 18.6 Å². The molecule has 0 aromatic rings. The molecule has 0 rings (SSSR count). The number of carboxylic acids is 2. The molecule has 21 heavy (non-hydrogen) atoms. The average Bonchev–Trinajstić information content (AvgIpc) is 2.41. The summed E-state index contributed by atoms with van der Waals surface area (Å²) in [6.07, 6.45) is 1.54. The number of hydrogen-bond donors (Lipinski definition) is 5. The first-order valence-corrected chi connectivity index (χ1v) is 7.43.